The van der Waals surface area contributed by atoms with E-state index in [2.05, 4.69) is 11.9 Å². The highest BCUT2D eigenvalue weighted by Gasteiger charge is 2.32. The lowest BCUT2D eigenvalue weighted by Crippen LogP contribution is -2.39. The Balaban J connectivity index is 1.94. The van der Waals surface area contributed by atoms with Crippen LogP contribution in [0, 0.1) is 5.92 Å². The van der Waals surface area contributed by atoms with Crippen LogP contribution in [0.15, 0.2) is 65.3 Å². The summed E-state index contributed by atoms with van der Waals surface area (Å²) >= 11 is 6.12. The van der Waals surface area contributed by atoms with E-state index >= 15 is 0 Å². The summed E-state index contributed by atoms with van der Waals surface area (Å²) < 4.78 is 39.1. The molecular weight excluding hydrogens is 427 g/mol. The fourth-order valence-electron chi connectivity index (χ4n) is 3.42. The zero-order valence-electron chi connectivity index (χ0n) is 17.0. The Morgan fingerprint density at radius 2 is 1.81 bits per heavy atom. The highest BCUT2D eigenvalue weighted by Crippen LogP contribution is 2.27. The number of hydrogen-bond donors (Lipinski definition) is 1. The first-order valence-electron chi connectivity index (χ1n) is 9.92. The van der Waals surface area contributed by atoms with E-state index in [4.69, 9.17) is 17.3 Å². The van der Waals surface area contributed by atoms with Crippen molar-refractivity contribution < 1.29 is 18.0 Å². The van der Waals surface area contributed by atoms with Crippen molar-refractivity contribution in [2.75, 3.05) is 13.1 Å². The first kappa shape index (κ1) is 22.9. The zero-order chi connectivity index (χ0) is 22.6. The third-order valence-corrected chi connectivity index (χ3v) is 5.40. The highest BCUT2D eigenvalue weighted by molar-refractivity contribution is 6.33. The largest absolute Gasteiger partial charge is 0.430 e. The van der Waals surface area contributed by atoms with E-state index in [1.165, 1.54) is 0 Å². The average Bonchev–Trinajstić information content (AvgIpc) is 2.73. The summed E-state index contributed by atoms with van der Waals surface area (Å²) in [6.07, 6.45) is -1.87. The Morgan fingerprint density at radius 3 is 2.42 bits per heavy atom. The monoisotopic (exact) mass is 449 g/mol. The van der Waals surface area contributed by atoms with Crippen LogP contribution in [0.4, 0.5) is 18.9 Å². The van der Waals surface area contributed by atoms with Gasteiger partial charge in [0.1, 0.15) is 5.70 Å². The maximum atomic E-state index is 13.0. The van der Waals surface area contributed by atoms with Crippen molar-refractivity contribution in [2.45, 2.75) is 25.9 Å². The lowest BCUT2D eigenvalue weighted by atomic mass is 9.99. The van der Waals surface area contributed by atoms with Crippen molar-refractivity contribution in [1.29, 1.82) is 0 Å². The Bertz CT molecular complexity index is 1000. The summed E-state index contributed by atoms with van der Waals surface area (Å²) in [5.74, 6) is 0.356. The maximum Gasteiger partial charge on any atom is 0.430 e. The number of halogens is 4. The third kappa shape index (κ3) is 5.88. The van der Waals surface area contributed by atoms with Crippen molar-refractivity contribution in [3.63, 3.8) is 0 Å². The number of amides is 1. The van der Waals surface area contributed by atoms with Crippen molar-refractivity contribution in [3.8, 4) is 0 Å². The van der Waals surface area contributed by atoms with Gasteiger partial charge in [-0.2, -0.15) is 13.2 Å². The number of para-hydroxylation sites is 1. The number of aliphatic imine (C=N–C) groups is 1. The van der Waals surface area contributed by atoms with Gasteiger partial charge in [0.15, 0.2) is 0 Å². The minimum Gasteiger partial charge on any atom is -0.395 e. The van der Waals surface area contributed by atoms with Crippen LogP contribution < -0.4 is 5.73 Å². The Labute approximate surface area is 184 Å². The van der Waals surface area contributed by atoms with E-state index in [-0.39, 0.29) is 11.6 Å². The van der Waals surface area contributed by atoms with Crippen LogP contribution in [0.1, 0.15) is 35.7 Å². The molecule has 2 aromatic carbocycles. The molecule has 164 valence electrons. The van der Waals surface area contributed by atoms with Gasteiger partial charge in [0.2, 0.25) is 0 Å². The summed E-state index contributed by atoms with van der Waals surface area (Å²) in [6.45, 7) is 3.51. The number of benzene rings is 2. The minimum atomic E-state index is -4.69. The number of alkyl halides is 3. The van der Waals surface area contributed by atoms with Crippen LogP contribution in [0.5, 0.6) is 0 Å². The summed E-state index contributed by atoms with van der Waals surface area (Å²) in [5, 5.41) is 0.296. The lowest BCUT2D eigenvalue weighted by molar-refractivity contribution is -0.0925. The van der Waals surface area contributed by atoms with Gasteiger partial charge < -0.3 is 10.6 Å². The lowest BCUT2D eigenvalue weighted by Gasteiger charge is -2.31. The Hall–Kier alpha value is -2.80. The second-order valence-electron chi connectivity index (χ2n) is 7.62. The first-order valence-corrected chi connectivity index (χ1v) is 10.3. The predicted octanol–water partition coefficient (Wildman–Crippen LogP) is 5.74. The van der Waals surface area contributed by atoms with Crippen molar-refractivity contribution >= 4 is 28.9 Å². The smallest absolute Gasteiger partial charge is 0.395 e. The average molecular weight is 450 g/mol. The van der Waals surface area contributed by atoms with Crippen LogP contribution >= 0.6 is 11.6 Å². The first-order chi connectivity index (χ1) is 14.6. The van der Waals surface area contributed by atoms with Gasteiger partial charge in [0, 0.05) is 24.2 Å². The van der Waals surface area contributed by atoms with Gasteiger partial charge in [-0.1, -0.05) is 42.8 Å². The summed E-state index contributed by atoms with van der Waals surface area (Å²) in [4.78, 5) is 18.9. The molecule has 0 saturated carbocycles. The van der Waals surface area contributed by atoms with E-state index in [1.54, 1.807) is 48.5 Å². The molecule has 4 nitrogen and oxygen atoms in total. The molecule has 1 saturated heterocycles. The molecule has 1 fully saturated rings. The van der Waals surface area contributed by atoms with Crippen LogP contribution in [0.3, 0.4) is 0 Å². The molecule has 0 aromatic heterocycles. The molecule has 0 radical (unpaired) electrons. The minimum absolute atomic E-state index is 0.00600. The molecule has 2 aromatic rings. The number of likely N-dealkylation sites (tertiary alicyclic amines) is 1. The number of nitrogens with zero attached hydrogens (tertiary/aromatic N) is 2. The molecular formula is C23H23ClF3N3O. The normalized spacial score (nSPS) is 18.2. The second kappa shape index (κ2) is 9.56. The molecule has 0 unspecified atom stereocenters. The van der Waals surface area contributed by atoms with E-state index in [0.29, 0.717) is 40.8 Å². The maximum absolute atomic E-state index is 13.0. The molecule has 31 heavy (non-hydrogen) atoms. The summed E-state index contributed by atoms with van der Waals surface area (Å²) in [7, 11) is 0. The number of allylic oxidation sites excluding steroid dienone is 2. The molecule has 0 bridgehead atoms. The standard InChI is InChI=1S/C23H23ClF3N3O/c1-15-5-4-12-30(14-15)22(31)17-10-8-16(9-11-17)20(13-21(28)23(25,26)27)29-19-7-3-2-6-18(19)24/h2-3,6-11,13,15H,4-5,12,14,28H2,1H3/t15-/m1/s1. The number of nitrogens with two attached hydrogens (primary N) is 1. The fourth-order valence-corrected chi connectivity index (χ4v) is 3.60. The van der Waals surface area contributed by atoms with Gasteiger partial charge >= 0.3 is 6.18 Å². The van der Waals surface area contributed by atoms with Gasteiger partial charge in [-0.3, -0.25) is 4.79 Å². The fraction of sp³-hybridized carbons (Fsp3) is 0.304. The summed E-state index contributed by atoms with van der Waals surface area (Å²) in [5.41, 5.74) is 5.12. The van der Waals surface area contributed by atoms with Crippen molar-refractivity contribution in [2.24, 2.45) is 16.6 Å². The molecule has 8 heteroatoms. The van der Waals surface area contributed by atoms with E-state index in [0.717, 1.165) is 18.9 Å². The molecule has 2 N–H and O–H groups in total. The van der Waals surface area contributed by atoms with Crippen LogP contribution in [-0.4, -0.2) is 35.8 Å². The van der Waals surface area contributed by atoms with Gasteiger partial charge in [-0.15, -0.1) is 0 Å². The second-order valence-corrected chi connectivity index (χ2v) is 8.03. The molecule has 1 aliphatic heterocycles. The van der Waals surface area contributed by atoms with E-state index in [1.807, 2.05) is 4.90 Å². The van der Waals surface area contributed by atoms with Gasteiger partial charge in [0.25, 0.3) is 5.91 Å². The van der Waals surface area contributed by atoms with Crippen molar-refractivity contribution in [1.82, 2.24) is 4.90 Å². The topological polar surface area (TPSA) is 58.7 Å². The Kier molecular flexibility index (Phi) is 7.05. The van der Waals surface area contributed by atoms with E-state index in [9.17, 15) is 18.0 Å². The summed E-state index contributed by atoms with van der Waals surface area (Å²) in [6, 6.07) is 12.9. The molecule has 0 spiro atoms. The van der Waals surface area contributed by atoms with Gasteiger partial charge in [-0.05, 0) is 49.1 Å². The number of rotatable bonds is 4. The number of piperidine rings is 1. The molecule has 3 rings (SSSR count). The van der Waals surface area contributed by atoms with E-state index < -0.39 is 11.9 Å². The SMILES string of the molecule is C[C@@H]1CCCN(C(=O)c2ccc(C(C=C(N)C(F)(F)F)=Nc3ccccc3Cl)cc2)C1. The Morgan fingerprint density at radius 1 is 1.16 bits per heavy atom. The van der Waals surface area contributed by atoms with Gasteiger partial charge in [-0.25, -0.2) is 4.99 Å². The molecule has 1 amide bonds. The number of carbonyl (C=O) groups excluding carboxylic acids is 1. The van der Waals surface area contributed by atoms with Crippen molar-refractivity contribution in [3.05, 3.63) is 76.5 Å². The zero-order valence-corrected chi connectivity index (χ0v) is 17.7. The highest BCUT2D eigenvalue weighted by atomic mass is 35.5. The van der Waals surface area contributed by atoms with Gasteiger partial charge in [0.05, 0.1) is 16.4 Å². The predicted molar refractivity (Wildman–Crippen MR) is 117 cm³/mol. The van der Waals surface area contributed by atoms with Crippen LogP contribution in [0.2, 0.25) is 5.02 Å². The van der Waals surface area contributed by atoms with Crippen LogP contribution in [-0.2, 0) is 0 Å². The molecule has 0 aliphatic carbocycles. The van der Waals surface area contributed by atoms with Crippen LogP contribution in [0.25, 0.3) is 0 Å². The molecule has 1 heterocycles. The number of carbonyl (C=O) groups is 1. The molecule has 1 aliphatic rings. The quantitative estimate of drug-likeness (QED) is 0.605. The third-order valence-electron chi connectivity index (χ3n) is 5.08. The number of hydrogen-bond acceptors (Lipinski definition) is 3. The molecule has 1 atom stereocenters.